The molecule has 0 atom stereocenters. The summed E-state index contributed by atoms with van der Waals surface area (Å²) in [5.74, 6) is 0. The van der Waals surface area contributed by atoms with E-state index in [2.05, 4.69) is 4.90 Å². The molecular formula is C17H17Cl2N3O4S. The Hall–Kier alpha value is -1.87. The van der Waals surface area contributed by atoms with E-state index in [0.717, 1.165) is 17.3 Å². The van der Waals surface area contributed by atoms with E-state index in [1.165, 1.54) is 16.4 Å². The van der Waals surface area contributed by atoms with Gasteiger partial charge in [-0.1, -0.05) is 29.3 Å². The van der Waals surface area contributed by atoms with Crippen LogP contribution >= 0.6 is 23.2 Å². The molecular weight excluding hydrogens is 413 g/mol. The third kappa shape index (κ3) is 4.03. The maximum absolute atomic E-state index is 12.9. The maximum Gasteiger partial charge on any atom is 0.289 e. The monoisotopic (exact) mass is 429 g/mol. The molecule has 0 bridgehead atoms. The van der Waals surface area contributed by atoms with Gasteiger partial charge in [-0.05, 0) is 36.8 Å². The molecule has 2 aromatic rings. The number of aryl methyl sites for hydroxylation is 1. The number of anilines is 1. The van der Waals surface area contributed by atoms with E-state index < -0.39 is 20.6 Å². The SMILES string of the molecule is Cc1ccc(Cl)cc1N1CCN(S(=O)(=O)c2ccc(Cl)c([N+](=O)[O-])c2)CC1. The van der Waals surface area contributed by atoms with Gasteiger partial charge >= 0.3 is 0 Å². The molecule has 1 aliphatic heterocycles. The van der Waals surface area contributed by atoms with E-state index in [1.54, 1.807) is 0 Å². The van der Waals surface area contributed by atoms with Gasteiger partial charge in [0.2, 0.25) is 10.0 Å². The van der Waals surface area contributed by atoms with Crippen LogP contribution in [0.25, 0.3) is 0 Å². The molecule has 0 aromatic heterocycles. The summed E-state index contributed by atoms with van der Waals surface area (Å²) in [7, 11) is -3.84. The molecule has 0 aliphatic carbocycles. The van der Waals surface area contributed by atoms with Crippen molar-refractivity contribution in [3.8, 4) is 0 Å². The van der Waals surface area contributed by atoms with Crippen molar-refractivity contribution in [3.05, 3.63) is 62.1 Å². The van der Waals surface area contributed by atoms with Gasteiger partial charge in [0, 0.05) is 43.0 Å². The van der Waals surface area contributed by atoms with Gasteiger partial charge in [-0.3, -0.25) is 10.1 Å². The predicted octanol–water partition coefficient (Wildman–Crippen LogP) is 3.72. The zero-order valence-electron chi connectivity index (χ0n) is 14.4. The lowest BCUT2D eigenvalue weighted by Crippen LogP contribution is -2.48. The van der Waals surface area contributed by atoms with E-state index in [-0.39, 0.29) is 23.0 Å². The molecule has 0 unspecified atom stereocenters. The summed E-state index contributed by atoms with van der Waals surface area (Å²) in [6, 6.07) is 9.13. The van der Waals surface area contributed by atoms with Gasteiger partial charge in [-0.15, -0.1) is 0 Å². The smallest absolute Gasteiger partial charge is 0.289 e. The second-order valence-electron chi connectivity index (χ2n) is 6.19. The quantitative estimate of drug-likeness (QED) is 0.545. The zero-order chi connectivity index (χ0) is 19.8. The number of nitrogens with zero attached hydrogens (tertiary/aromatic N) is 3. The second-order valence-corrected chi connectivity index (χ2v) is 8.97. The summed E-state index contributed by atoms with van der Waals surface area (Å²) in [6.45, 7) is 3.50. The summed E-state index contributed by atoms with van der Waals surface area (Å²) in [5, 5.41) is 11.6. The summed E-state index contributed by atoms with van der Waals surface area (Å²) in [5.41, 5.74) is 1.61. The molecule has 0 radical (unpaired) electrons. The Labute approximate surface area is 167 Å². The topological polar surface area (TPSA) is 83.8 Å². The Bertz CT molecular complexity index is 990. The van der Waals surface area contributed by atoms with Gasteiger partial charge in [0.05, 0.1) is 9.82 Å². The summed E-state index contributed by atoms with van der Waals surface area (Å²) >= 11 is 11.8. The molecule has 3 rings (SSSR count). The van der Waals surface area contributed by atoms with Crippen molar-refractivity contribution in [2.45, 2.75) is 11.8 Å². The number of rotatable bonds is 4. The Balaban J connectivity index is 1.80. The van der Waals surface area contributed by atoms with Crippen molar-refractivity contribution in [1.29, 1.82) is 0 Å². The molecule has 1 fully saturated rings. The zero-order valence-corrected chi connectivity index (χ0v) is 16.8. The first-order chi connectivity index (χ1) is 12.7. The third-order valence-electron chi connectivity index (χ3n) is 4.50. The fourth-order valence-corrected chi connectivity index (χ4v) is 4.83. The number of piperazine rings is 1. The van der Waals surface area contributed by atoms with Crippen LogP contribution in [0.4, 0.5) is 11.4 Å². The number of nitro groups is 1. The van der Waals surface area contributed by atoms with E-state index in [1.807, 2.05) is 25.1 Å². The van der Waals surface area contributed by atoms with E-state index >= 15 is 0 Å². The van der Waals surface area contributed by atoms with Crippen molar-refractivity contribution in [2.24, 2.45) is 0 Å². The molecule has 1 saturated heterocycles. The van der Waals surface area contributed by atoms with Gasteiger partial charge in [-0.2, -0.15) is 4.31 Å². The number of halogens is 2. The first-order valence-corrected chi connectivity index (χ1v) is 10.3. The molecule has 27 heavy (non-hydrogen) atoms. The number of hydrogen-bond acceptors (Lipinski definition) is 5. The van der Waals surface area contributed by atoms with Crippen LogP contribution in [0.5, 0.6) is 0 Å². The van der Waals surface area contributed by atoms with E-state index in [0.29, 0.717) is 18.1 Å². The lowest BCUT2D eigenvalue weighted by Gasteiger charge is -2.36. The average molecular weight is 430 g/mol. The molecule has 2 aromatic carbocycles. The lowest BCUT2D eigenvalue weighted by atomic mass is 10.1. The van der Waals surface area contributed by atoms with Crippen molar-refractivity contribution in [2.75, 3.05) is 31.1 Å². The molecule has 10 heteroatoms. The molecule has 0 saturated carbocycles. The minimum Gasteiger partial charge on any atom is -0.369 e. The highest BCUT2D eigenvalue weighted by Gasteiger charge is 2.30. The van der Waals surface area contributed by atoms with Crippen LogP contribution in [0, 0.1) is 17.0 Å². The van der Waals surface area contributed by atoms with Gasteiger partial charge in [0.1, 0.15) is 5.02 Å². The van der Waals surface area contributed by atoms with Crippen LogP contribution < -0.4 is 4.90 Å². The molecule has 0 spiro atoms. The minimum absolute atomic E-state index is 0.0970. The van der Waals surface area contributed by atoms with Crippen LogP contribution in [0.1, 0.15) is 5.56 Å². The number of hydrogen-bond donors (Lipinski definition) is 0. The summed E-state index contributed by atoms with van der Waals surface area (Å²) < 4.78 is 27.0. The largest absolute Gasteiger partial charge is 0.369 e. The fourth-order valence-electron chi connectivity index (χ4n) is 3.03. The predicted molar refractivity (Wildman–Crippen MR) is 105 cm³/mol. The average Bonchev–Trinajstić information content (AvgIpc) is 2.64. The Kier molecular flexibility index (Phi) is 5.62. The van der Waals surface area contributed by atoms with Crippen LogP contribution in [-0.4, -0.2) is 43.8 Å². The van der Waals surface area contributed by atoms with E-state index in [4.69, 9.17) is 23.2 Å². The van der Waals surface area contributed by atoms with Crippen molar-refractivity contribution < 1.29 is 13.3 Å². The highest BCUT2D eigenvalue weighted by atomic mass is 35.5. The number of nitro benzene ring substituents is 1. The van der Waals surface area contributed by atoms with Gasteiger partial charge in [0.25, 0.3) is 5.69 Å². The first-order valence-electron chi connectivity index (χ1n) is 8.15. The Morgan fingerprint density at radius 1 is 1.04 bits per heavy atom. The first kappa shape index (κ1) is 19.9. The number of sulfonamides is 1. The van der Waals surface area contributed by atoms with Crippen LogP contribution in [0.2, 0.25) is 10.0 Å². The molecule has 1 heterocycles. The molecule has 144 valence electrons. The van der Waals surface area contributed by atoms with Crippen molar-refractivity contribution >= 4 is 44.6 Å². The number of benzene rings is 2. The fraction of sp³-hybridized carbons (Fsp3) is 0.294. The standard InChI is InChI=1S/C17H17Cl2N3O4S/c1-12-2-3-13(18)10-16(12)20-6-8-21(9-7-20)27(25,26)14-4-5-15(19)17(11-14)22(23)24/h2-5,10-11H,6-9H2,1H3. The van der Waals surface area contributed by atoms with Gasteiger partial charge in [-0.25, -0.2) is 8.42 Å². The van der Waals surface area contributed by atoms with Crippen molar-refractivity contribution in [1.82, 2.24) is 4.31 Å². The lowest BCUT2D eigenvalue weighted by molar-refractivity contribution is -0.384. The highest BCUT2D eigenvalue weighted by molar-refractivity contribution is 7.89. The maximum atomic E-state index is 12.9. The van der Waals surface area contributed by atoms with Crippen LogP contribution in [-0.2, 0) is 10.0 Å². The van der Waals surface area contributed by atoms with Gasteiger partial charge < -0.3 is 4.90 Å². The van der Waals surface area contributed by atoms with E-state index in [9.17, 15) is 18.5 Å². The summed E-state index contributed by atoms with van der Waals surface area (Å²) in [4.78, 5) is 12.3. The molecule has 0 N–H and O–H groups in total. The third-order valence-corrected chi connectivity index (χ3v) is 6.95. The van der Waals surface area contributed by atoms with Crippen LogP contribution in [0.15, 0.2) is 41.3 Å². The summed E-state index contributed by atoms with van der Waals surface area (Å²) in [6.07, 6.45) is 0. The normalized spacial score (nSPS) is 15.7. The molecule has 7 nitrogen and oxygen atoms in total. The van der Waals surface area contributed by atoms with Gasteiger partial charge in [0.15, 0.2) is 0 Å². The molecule has 0 amide bonds. The minimum atomic E-state index is -3.84. The van der Waals surface area contributed by atoms with Crippen molar-refractivity contribution in [3.63, 3.8) is 0 Å². The van der Waals surface area contributed by atoms with Crippen LogP contribution in [0.3, 0.4) is 0 Å². The highest BCUT2D eigenvalue weighted by Crippen LogP contribution is 2.30. The Morgan fingerprint density at radius 3 is 2.33 bits per heavy atom. The molecule has 1 aliphatic rings. The second kappa shape index (κ2) is 7.63. The Morgan fingerprint density at radius 2 is 1.70 bits per heavy atom.